The second-order valence-electron chi connectivity index (χ2n) is 5.27. The highest BCUT2D eigenvalue weighted by molar-refractivity contribution is 6.33. The first-order valence-corrected chi connectivity index (χ1v) is 7.08. The van der Waals surface area contributed by atoms with Crippen LogP contribution in [0.1, 0.15) is 23.2 Å². The van der Waals surface area contributed by atoms with Crippen molar-refractivity contribution in [3.8, 4) is 0 Å². The van der Waals surface area contributed by atoms with Gasteiger partial charge in [0.1, 0.15) is 0 Å². The molecule has 0 saturated carbocycles. The lowest BCUT2D eigenvalue weighted by Gasteiger charge is -2.37. The first-order valence-electron chi connectivity index (χ1n) is 6.70. The fraction of sp³-hybridized carbons (Fsp3) is 0.429. The van der Waals surface area contributed by atoms with Crippen molar-refractivity contribution in [2.75, 3.05) is 25.4 Å². The molecule has 106 valence electrons. The van der Waals surface area contributed by atoms with Crippen molar-refractivity contribution >= 4 is 29.1 Å². The molecule has 5 nitrogen and oxygen atoms in total. The number of piperazine rings is 1. The van der Waals surface area contributed by atoms with Crippen molar-refractivity contribution in [1.82, 2.24) is 9.80 Å². The van der Waals surface area contributed by atoms with Crippen molar-refractivity contribution in [3.05, 3.63) is 28.8 Å². The molecule has 2 heterocycles. The Labute approximate surface area is 122 Å². The van der Waals surface area contributed by atoms with E-state index in [1.165, 1.54) is 0 Å². The molecular formula is C14H16ClN3O2. The van der Waals surface area contributed by atoms with Crippen LogP contribution in [0.5, 0.6) is 0 Å². The highest BCUT2D eigenvalue weighted by Crippen LogP contribution is 2.25. The number of nitrogens with zero attached hydrogens (tertiary/aromatic N) is 2. The van der Waals surface area contributed by atoms with Gasteiger partial charge >= 0.3 is 0 Å². The number of carbonyl (C=O) groups excluding carboxylic acids is 2. The van der Waals surface area contributed by atoms with Crippen LogP contribution in [0.4, 0.5) is 5.69 Å². The average molecular weight is 294 g/mol. The predicted octanol–water partition coefficient (Wildman–Crippen LogP) is 1.37. The molecule has 2 amide bonds. The Morgan fingerprint density at radius 2 is 2.15 bits per heavy atom. The molecule has 0 aromatic heterocycles. The number of amides is 2. The highest BCUT2D eigenvalue weighted by atomic mass is 35.5. The summed E-state index contributed by atoms with van der Waals surface area (Å²) in [6.45, 7) is 1.80. The van der Waals surface area contributed by atoms with E-state index < -0.39 is 0 Å². The zero-order chi connectivity index (χ0) is 14.3. The van der Waals surface area contributed by atoms with Gasteiger partial charge in [0, 0.05) is 37.7 Å². The van der Waals surface area contributed by atoms with Crippen LogP contribution in [-0.4, -0.2) is 47.3 Å². The van der Waals surface area contributed by atoms with E-state index in [2.05, 4.69) is 0 Å². The highest BCUT2D eigenvalue weighted by Gasteiger charge is 2.37. The minimum absolute atomic E-state index is 0.0501. The SMILES string of the molecule is Nc1ccc(C(=O)N2CCN3C(=O)CCC3C2)cc1Cl. The number of halogens is 1. The number of hydrogen-bond donors (Lipinski definition) is 1. The maximum absolute atomic E-state index is 12.5. The molecule has 2 fully saturated rings. The summed E-state index contributed by atoms with van der Waals surface area (Å²) < 4.78 is 0. The first kappa shape index (κ1) is 13.2. The summed E-state index contributed by atoms with van der Waals surface area (Å²) in [5, 5.41) is 0.394. The maximum Gasteiger partial charge on any atom is 0.254 e. The number of rotatable bonds is 1. The van der Waals surface area contributed by atoms with Crippen molar-refractivity contribution in [2.24, 2.45) is 0 Å². The molecular weight excluding hydrogens is 278 g/mol. The lowest BCUT2D eigenvalue weighted by atomic mass is 10.1. The number of anilines is 1. The smallest absolute Gasteiger partial charge is 0.254 e. The van der Waals surface area contributed by atoms with Crippen LogP contribution in [-0.2, 0) is 4.79 Å². The third-order valence-electron chi connectivity index (χ3n) is 4.03. The molecule has 0 bridgehead atoms. The van der Waals surface area contributed by atoms with Gasteiger partial charge in [-0.25, -0.2) is 0 Å². The van der Waals surface area contributed by atoms with E-state index in [0.717, 1.165) is 6.42 Å². The van der Waals surface area contributed by atoms with Crippen molar-refractivity contribution < 1.29 is 9.59 Å². The normalized spacial score (nSPS) is 22.1. The topological polar surface area (TPSA) is 66.6 Å². The van der Waals surface area contributed by atoms with Crippen LogP contribution in [0.3, 0.4) is 0 Å². The monoisotopic (exact) mass is 293 g/mol. The largest absolute Gasteiger partial charge is 0.398 e. The van der Waals surface area contributed by atoms with Crippen molar-refractivity contribution in [3.63, 3.8) is 0 Å². The van der Waals surface area contributed by atoms with Crippen LogP contribution in [0, 0.1) is 0 Å². The first-order chi connectivity index (χ1) is 9.56. The minimum Gasteiger partial charge on any atom is -0.398 e. The van der Waals surface area contributed by atoms with E-state index in [0.29, 0.717) is 42.3 Å². The second kappa shape index (κ2) is 4.98. The number of nitrogens with two attached hydrogens (primary N) is 1. The molecule has 3 rings (SSSR count). The Balaban J connectivity index is 1.75. The number of nitrogen functional groups attached to an aromatic ring is 1. The number of fused-ring (bicyclic) bond motifs is 1. The second-order valence-corrected chi connectivity index (χ2v) is 5.67. The fourth-order valence-corrected chi connectivity index (χ4v) is 3.07. The molecule has 0 radical (unpaired) electrons. The van der Waals surface area contributed by atoms with Gasteiger partial charge in [0.05, 0.1) is 10.7 Å². The number of benzene rings is 1. The van der Waals surface area contributed by atoms with Crippen LogP contribution in [0.2, 0.25) is 5.02 Å². The Bertz CT molecular complexity index is 576. The molecule has 1 atom stereocenters. The van der Waals surface area contributed by atoms with Gasteiger partial charge in [0.2, 0.25) is 5.91 Å². The molecule has 0 spiro atoms. The molecule has 2 saturated heterocycles. The standard InChI is InChI=1S/C14H16ClN3O2/c15-11-7-9(1-3-12(11)16)14(20)17-5-6-18-10(8-17)2-4-13(18)19/h1,3,7,10H,2,4-6,8,16H2. The molecule has 2 aliphatic heterocycles. The van der Waals surface area contributed by atoms with E-state index in [1.807, 2.05) is 4.90 Å². The maximum atomic E-state index is 12.5. The Kier molecular flexibility index (Phi) is 3.30. The molecule has 2 N–H and O–H groups in total. The van der Waals surface area contributed by atoms with E-state index in [-0.39, 0.29) is 17.9 Å². The van der Waals surface area contributed by atoms with Gasteiger partial charge in [0.25, 0.3) is 5.91 Å². The zero-order valence-corrected chi connectivity index (χ0v) is 11.8. The van der Waals surface area contributed by atoms with Gasteiger partial charge in [-0.2, -0.15) is 0 Å². The summed E-state index contributed by atoms with van der Waals surface area (Å²) in [6.07, 6.45) is 1.44. The Morgan fingerprint density at radius 3 is 2.90 bits per heavy atom. The molecule has 2 aliphatic rings. The van der Waals surface area contributed by atoms with Crippen LogP contribution < -0.4 is 5.73 Å². The van der Waals surface area contributed by atoms with Gasteiger partial charge < -0.3 is 15.5 Å². The summed E-state index contributed by atoms with van der Waals surface area (Å²) in [5.41, 5.74) is 6.66. The third-order valence-corrected chi connectivity index (χ3v) is 4.36. The third kappa shape index (κ3) is 2.22. The van der Waals surface area contributed by atoms with Crippen molar-refractivity contribution in [2.45, 2.75) is 18.9 Å². The molecule has 1 unspecified atom stereocenters. The van der Waals surface area contributed by atoms with Gasteiger partial charge in [-0.15, -0.1) is 0 Å². The lowest BCUT2D eigenvalue weighted by molar-refractivity contribution is -0.130. The van der Waals surface area contributed by atoms with Gasteiger partial charge in [0.15, 0.2) is 0 Å². The van der Waals surface area contributed by atoms with Crippen LogP contribution >= 0.6 is 11.6 Å². The quantitative estimate of drug-likeness (QED) is 0.795. The number of hydrogen-bond acceptors (Lipinski definition) is 3. The van der Waals surface area contributed by atoms with Gasteiger partial charge in [-0.3, -0.25) is 9.59 Å². The summed E-state index contributed by atoms with van der Waals surface area (Å²) in [4.78, 5) is 27.8. The van der Waals surface area contributed by atoms with Crippen LogP contribution in [0.15, 0.2) is 18.2 Å². The average Bonchev–Trinajstić information content (AvgIpc) is 2.82. The summed E-state index contributed by atoms with van der Waals surface area (Å²) in [7, 11) is 0. The molecule has 1 aromatic rings. The summed E-state index contributed by atoms with van der Waals surface area (Å²) >= 11 is 5.96. The van der Waals surface area contributed by atoms with Crippen molar-refractivity contribution in [1.29, 1.82) is 0 Å². The van der Waals surface area contributed by atoms with E-state index in [4.69, 9.17) is 17.3 Å². The predicted molar refractivity (Wildman–Crippen MR) is 76.5 cm³/mol. The lowest BCUT2D eigenvalue weighted by Crippen LogP contribution is -2.53. The zero-order valence-electron chi connectivity index (χ0n) is 11.0. The van der Waals surface area contributed by atoms with E-state index in [9.17, 15) is 9.59 Å². The Hall–Kier alpha value is -1.75. The molecule has 6 heteroatoms. The molecule has 0 aliphatic carbocycles. The van der Waals surface area contributed by atoms with Gasteiger partial charge in [-0.05, 0) is 24.6 Å². The molecule has 20 heavy (non-hydrogen) atoms. The summed E-state index contributed by atoms with van der Waals surface area (Å²) in [6, 6.07) is 5.11. The fourth-order valence-electron chi connectivity index (χ4n) is 2.89. The Morgan fingerprint density at radius 1 is 1.35 bits per heavy atom. The van der Waals surface area contributed by atoms with Gasteiger partial charge in [-0.1, -0.05) is 11.6 Å². The van der Waals surface area contributed by atoms with E-state index >= 15 is 0 Å². The van der Waals surface area contributed by atoms with Crippen LogP contribution in [0.25, 0.3) is 0 Å². The molecule has 1 aromatic carbocycles. The van der Waals surface area contributed by atoms with E-state index in [1.54, 1.807) is 23.1 Å². The minimum atomic E-state index is -0.0501. The number of carbonyl (C=O) groups is 2. The summed E-state index contributed by atoms with van der Waals surface area (Å²) in [5.74, 6) is 0.156.